The molecule has 1 saturated carbocycles. The van der Waals surface area contributed by atoms with Crippen LogP contribution in [0.1, 0.15) is 24.3 Å². The zero-order valence-electron chi connectivity index (χ0n) is 23.6. The highest BCUT2D eigenvalue weighted by molar-refractivity contribution is 6.59. The fraction of sp³-hybridized carbons (Fsp3) is 0.250. The molecule has 2 aliphatic heterocycles. The van der Waals surface area contributed by atoms with Gasteiger partial charge in [0, 0.05) is 16.5 Å². The number of carbonyl (C=O) groups is 4. The van der Waals surface area contributed by atoms with Crippen molar-refractivity contribution in [2.45, 2.75) is 28.5 Å². The molecule has 0 aromatic heterocycles. The maximum Gasteiger partial charge on any atom is 0.488 e. The van der Waals surface area contributed by atoms with Gasteiger partial charge in [0.1, 0.15) is 11.6 Å². The number of nitrogens with zero attached hydrogens (tertiary/aromatic N) is 2. The Bertz CT molecular complexity index is 1890. The maximum absolute atomic E-state index is 14.4. The molecule has 0 spiro atoms. The summed E-state index contributed by atoms with van der Waals surface area (Å²) in [6.45, 7) is 0. The molecule has 7 rings (SSSR count). The van der Waals surface area contributed by atoms with Crippen molar-refractivity contribution in [2.75, 3.05) is 9.80 Å². The predicted octanol–water partition coefficient (Wildman–Crippen LogP) is 3.63. The number of alkyl halides is 2. The molecule has 4 amide bonds. The van der Waals surface area contributed by atoms with Gasteiger partial charge < -0.3 is 15.2 Å². The van der Waals surface area contributed by atoms with E-state index in [9.17, 15) is 38.7 Å². The van der Waals surface area contributed by atoms with Crippen molar-refractivity contribution in [3.63, 3.8) is 0 Å². The number of phenols is 1. The number of imide groups is 2. The fourth-order valence-corrected chi connectivity index (χ4v) is 8.69. The molecule has 2 heterocycles. The van der Waals surface area contributed by atoms with Gasteiger partial charge in [-0.25, -0.2) is 9.29 Å². The van der Waals surface area contributed by atoms with Crippen molar-refractivity contribution in [2.24, 2.45) is 17.8 Å². The summed E-state index contributed by atoms with van der Waals surface area (Å²) < 4.78 is 13.8. The number of carbonyl (C=O) groups excluding carboxylic acids is 4. The lowest BCUT2D eigenvalue weighted by molar-refractivity contribution is -0.125. The van der Waals surface area contributed by atoms with Crippen molar-refractivity contribution in [1.29, 1.82) is 0 Å². The molecule has 0 unspecified atom stereocenters. The lowest BCUT2D eigenvalue weighted by Gasteiger charge is -2.50. The molecule has 46 heavy (non-hydrogen) atoms. The number of aromatic hydroxyl groups is 1. The topological polar surface area (TPSA) is 135 Å². The van der Waals surface area contributed by atoms with E-state index in [2.05, 4.69) is 0 Å². The Kier molecular flexibility index (Phi) is 7.15. The van der Waals surface area contributed by atoms with E-state index >= 15 is 0 Å². The monoisotopic (exact) mass is 682 g/mol. The van der Waals surface area contributed by atoms with E-state index < -0.39 is 70.0 Å². The summed E-state index contributed by atoms with van der Waals surface area (Å²) in [5.41, 5.74) is 0.776. The highest BCUT2D eigenvalue weighted by atomic mass is 35.5. The first kappa shape index (κ1) is 30.9. The quantitative estimate of drug-likeness (QED) is 0.166. The Morgan fingerprint density at radius 3 is 2.26 bits per heavy atom. The summed E-state index contributed by atoms with van der Waals surface area (Å²) in [5.74, 6) is -7.84. The van der Waals surface area contributed by atoms with Crippen LogP contribution in [-0.2, 0) is 19.2 Å². The highest BCUT2D eigenvalue weighted by Crippen LogP contribution is 2.66. The molecule has 234 valence electrons. The van der Waals surface area contributed by atoms with Gasteiger partial charge in [0.15, 0.2) is 9.75 Å². The first-order chi connectivity index (χ1) is 21.8. The van der Waals surface area contributed by atoms with Gasteiger partial charge in [-0.3, -0.25) is 24.1 Å². The third kappa shape index (κ3) is 4.15. The highest BCUT2D eigenvalue weighted by Gasteiger charge is 2.77. The SMILES string of the molecule is O=C1[C@H]2[C@H](CC=C3[C@H]2C[C@@]2(Cl)C(=O)N(c4ccc(F)cc4)C(=O)[C@@]2(Cl)[C@H]3c2cc(Cl)ccc2O)C(=O)N1c1cccc(B(O)O)c1. The Morgan fingerprint density at radius 1 is 0.848 bits per heavy atom. The number of rotatable bonds is 4. The van der Waals surface area contributed by atoms with Gasteiger partial charge in [0.05, 0.1) is 23.2 Å². The second-order valence-electron chi connectivity index (χ2n) is 11.9. The number of halogens is 4. The third-order valence-corrected chi connectivity index (χ3v) is 11.3. The first-order valence-electron chi connectivity index (χ1n) is 14.3. The Balaban J connectivity index is 1.39. The molecule has 0 bridgehead atoms. The molecule has 2 saturated heterocycles. The van der Waals surface area contributed by atoms with Crippen LogP contribution in [0.4, 0.5) is 15.8 Å². The predicted molar refractivity (Wildman–Crippen MR) is 168 cm³/mol. The molecule has 2 aliphatic carbocycles. The van der Waals surface area contributed by atoms with Gasteiger partial charge in [0.2, 0.25) is 11.8 Å². The van der Waals surface area contributed by atoms with E-state index in [-0.39, 0.29) is 46.0 Å². The molecule has 6 atom stereocenters. The minimum absolute atomic E-state index is 0.0268. The van der Waals surface area contributed by atoms with Crippen LogP contribution in [0.3, 0.4) is 0 Å². The van der Waals surface area contributed by atoms with E-state index in [1.807, 2.05) is 0 Å². The minimum atomic E-state index is -2.23. The van der Waals surface area contributed by atoms with E-state index in [0.717, 1.165) is 21.9 Å². The fourth-order valence-electron chi connectivity index (χ4n) is 7.58. The van der Waals surface area contributed by atoms with Crippen LogP contribution >= 0.6 is 34.8 Å². The molecular formula is C32H23BCl3FN2O7. The van der Waals surface area contributed by atoms with E-state index in [0.29, 0.717) is 5.57 Å². The summed E-state index contributed by atoms with van der Waals surface area (Å²) in [4.78, 5) is 54.0. The second kappa shape index (κ2) is 10.6. The maximum atomic E-state index is 14.4. The van der Waals surface area contributed by atoms with Crippen LogP contribution < -0.4 is 15.3 Å². The summed E-state index contributed by atoms with van der Waals surface area (Å²) in [6, 6.07) is 14.5. The Labute approximate surface area is 276 Å². The standard InChI is InChI=1S/C32H23BCl3FN2O7/c34-16-4-11-24(40)22(13-16)26-20-9-10-21-25(28(42)38(27(21)41)19-3-1-2-15(12-19)33(45)46)23(20)14-31(35)29(43)39(30(44)32(26,31)36)18-7-5-17(37)6-8-18/h1-9,11-13,21,23,25-26,40,45-46H,10,14H2/t21-,23+,25-,26+,31+,32-/m0/s1. The van der Waals surface area contributed by atoms with Crippen molar-refractivity contribution >= 4 is 82.4 Å². The average molecular weight is 684 g/mol. The molecule has 14 heteroatoms. The van der Waals surface area contributed by atoms with Gasteiger partial charge in [-0.2, -0.15) is 0 Å². The minimum Gasteiger partial charge on any atom is -0.508 e. The van der Waals surface area contributed by atoms with Crippen molar-refractivity contribution in [3.05, 3.63) is 94.8 Å². The number of anilines is 2. The number of benzene rings is 3. The van der Waals surface area contributed by atoms with E-state index in [1.165, 1.54) is 54.6 Å². The number of amides is 4. The van der Waals surface area contributed by atoms with Crippen LogP contribution in [0, 0.1) is 23.6 Å². The molecule has 0 radical (unpaired) electrons. The van der Waals surface area contributed by atoms with Crippen molar-refractivity contribution in [1.82, 2.24) is 0 Å². The number of fused-ring (bicyclic) bond motifs is 4. The smallest absolute Gasteiger partial charge is 0.488 e. The van der Waals surface area contributed by atoms with Crippen LogP contribution in [0.2, 0.25) is 5.02 Å². The first-order valence-corrected chi connectivity index (χ1v) is 15.5. The largest absolute Gasteiger partial charge is 0.508 e. The number of hydrogen-bond acceptors (Lipinski definition) is 7. The summed E-state index contributed by atoms with van der Waals surface area (Å²) in [7, 11) is -1.84. The summed E-state index contributed by atoms with van der Waals surface area (Å²) in [5, 5.41) is 30.7. The zero-order valence-corrected chi connectivity index (χ0v) is 25.9. The van der Waals surface area contributed by atoms with Gasteiger partial charge in [-0.05, 0) is 78.8 Å². The second-order valence-corrected chi connectivity index (χ2v) is 13.6. The van der Waals surface area contributed by atoms with E-state index in [4.69, 9.17) is 34.8 Å². The van der Waals surface area contributed by atoms with Gasteiger partial charge in [-0.1, -0.05) is 35.4 Å². The van der Waals surface area contributed by atoms with E-state index in [1.54, 1.807) is 6.08 Å². The molecule has 9 nitrogen and oxygen atoms in total. The molecule has 3 N–H and O–H groups in total. The van der Waals surface area contributed by atoms with Gasteiger partial charge in [-0.15, -0.1) is 23.2 Å². The molecular weight excluding hydrogens is 661 g/mol. The molecule has 3 fully saturated rings. The lowest BCUT2D eigenvalue weighted by Crippen LogP contribution is -2.60. The number of allylic oxidation sites excluding steroid dienone is 2. The number of hydrogen-bond donors (Lipinski definition) is 3. The normalized spacial score (nSPS) is 30.3. The lowest BCUT2D eigenvalue weighted by atomic mass is 9.56. The number of phenolic OH excluding ortho intramolecular Hbond substituents is 1. The molecule has 4 aliphatic rings. The zero-order chi connectivity index (χ0) is 32.9. The Morgan fingerprint density at radius 2 is 1.57 bits per heavy atom. The van der Waals surface area contributed by atoms with Gasteiger partial charge in [0.25, 0.3) is 11.8 Å². The average Bonchev–Trinajstić information content (AvgIpc) is 3.37. The van der Waals surface area contributed by atoms with Crippen molar-refractivity contribution < 1.29 is 38.7 Å². The summed E-state index contributed by atoms with van der Waals surface area (Å²) >= 11 is 20.9. The van der Waals surface area contributed by atoms with Crippen LogP contribution in [-0.4, -0.2) is 55.7 Å². The van der Waals surface area contributed by atoms with Crippen LogP contribution in [0.15, 0.2) is 78.4 Å². The van der Waals surface area contributed by atoms with Gasteiger partial charge >= 0.3 is 7.12 Å². The summed E-state index contributed by atoms with van der Waals surface area (Å²) in [6.07, 6.45) is 1.47. The third-order valence-electron chi connectivity index (χ3n) is 9.62. The molecule has 3 aromatic carbocycles. The Hall–Kier alpha value is -3.74. The van der Waals surface area contributed by atoms with Crippen LogP contribution in [0.5, 0.6) is 5.75 Å². The van der Waals surface area contributed by atoms with Crippen molar-refractivity contribution in [3.8, 4) is 5.75 Å². The van der Waals surface area contributed by atoms with Crippen LogP contribution in [0.25, 0.3) is 0 Å². The molecule has 3 aromatic rings.